The second-order valence-corrected chi connectivity index (χ2v) is 6.38. The van der Waals surface area contributed by atoms with Gasteiger partial charge in [-0.2, -0.15) is 0 Å². The Labute approximate surface area is 163 Å². The standard InChI is InChI=1S/C25H18O3/c26-25(27)21-12-7-13-22(16-21)28-24-17-20(18-8-3-1-4-9-18)14-15-23(24)19-10-5-2-6-11-19/h1-17H,(H,26,27). The Morgan fingerprint density at radius 3 is 2.00 bits per heavy atom. The number of benzene rings is 4. The van der Waals surface area contributed by atoms with Gasteiger partial charge >= 0.3 is 5.97 Å². The van der Waals surface area contributed by atoms with Gasteiger partial charge in [0.2, 0.25) is 0 Å². The lowest BCUT2D eigenvalue weighted by Gasteiger charge is -2.14. The van der Waals surface area contributed by atoms with Crippen molar-refractivity contribution in [1.29, 1.82) is 0 Å². The molecule has 0 atom stereocenters. The predicted octanol–water partition coefficient (Wildman–Crippen LogP) is 6.51. The molecule has 0 aliphatic heterocycles. The number of hydrogen-bond donors (Lipinski definition) is 1. The molecular formula is C25H18O3. The van der Waals surface area contributed by atoms with Crippen LogP contribution in [0.2, 0.25) is 0 Å². The fraction of sp³-hybridized carbons (Fsp3) is 0. The third-order valence-electron chi connectivity index (χ3n) is 4.48. The van der Waals surface area contributed by atoms with Crippen molar-refractivity contribution in [2.75, 3.05) is 0 Å². The third kappa shape index (κ3) is 3.79. The van der Waals surface area contributed by atoms with Crippen molar-refractivity contribution in [3.05, 3.63) is 109 Å². The van der Waals surface area contributed by atoms with E-state index >= 15 is 0 Å². The van der Waals surface area contributed by atoms with Crippen molar-refractivity contribution in [2.45, 2.75) is 0 Å². The van der Waals surface area contributed by atoms with Crippen molar-refractivity contribution in [1.82, 2.24) is 0 Å². The molecule has 1 N–H and O–H groups in total. The molecule has 0 heterocycles. The molecule has 4 aromatic carbocycles. The summed E-state index contributed by atoms with van der Waals surface area (Å²) in [5.74, 6) is 0.184. The predicted molar refractivity (Wildman–Crippen MR) is 111 cm³/mol. The van der Waals surface area contributed by atoms with Crippen LogP contribution < -0.4 is 4.74 Å². The van der Waals surface area contributed by atoms with Gasteiger partial charge in [-0.3, -0.25) is 0 Å². The highest BCUT2D eigenvalue weighted by Gasteiger charge is 2.11. The number of aromatic carboxylic acids is 1. The van der Waals surface area contributed by atoms with Crippen LogP contribution in [0.4, 0.5) is 0 Å². The summed E-state index contributed by atoms with van der Waals surface area (Å²) in [4.78, 5) is 11.3. The van der Waals surface area contributed by atoms with Crippen LogP contribution in [0, 0.1) is 0 Å². The Morgan fingerprint density at radius 2 is 1.32 bits per heavy atom. The average molecular weight is 366 g/mol. The molecule has 0 aromatic heterocycles. The van der Waals surface area contributed by atoms with Gasteiger partial charge in [-0.15, -0.1) is 0 Å². The van der Waals surface area contributed by atoms with E-state index in [0.29, 0.717) is 11.5 Å². The van der Waals surface area contributed by atoms with E-state index in [1.54, 1.807) is 18.2 Å². The van der Waals surface area contributed by atoms with Crippen LogP contribution >= 0.6 is 0 Å². The van der Waals surface area contributed by atoms with Gasteiger partial charge in [0.25, 0.3) is 0 Å². The van der Waals surface area contributed by atoms with Gasteiger partial charge < -0.3 is 9.84 Å². The van der Waals surface area contributed by atoms with E-state index in [4.69, 9.17) is 4.74 Å². The second kappa shape index (κ2) is 7.80. The Morgan fingerprint density at radius 1 is 0.643 bits per heavy atom. The number of carboxylic acid groups (broad SMARTS) is 1. The van der Waals surface area contributed by atoms with E-state index in [1.807, 2.05) is 72.8 Å². The maximum absolute atomic E-state index is 11.3. The van der Waals surface area contributed by atoms with Crippen LogP contribution in [0.5, 0.6) is 11.5 Å². The Balaban J connectivity index is 1.80. The summed E-state index contributed by atoms with van der Waals surface area (Å²) in [5.41, 5.74) is 4.29. The van der Waals surface area contributed by atoms with Crippen LogP contribution in [-0.2, 0) is 0 Å². The molecule has 3 nitrogen and oxygen atoms in total. The molecule has 0 saturated heterocycles. The quantitative estimate of drug-likeness (QED) is 0.438. The topological polar surface area (TPSA) is 46.5 Å². The van der Waals surface area contributed by atoms with E-state index < -0.39 is 5.97 Å². The van der Waals surface area contributed by atoms with E-state index in [-0.39, 0.29) is 5.56 Å². The molecule has 4 rings (SSSR count). The van der Waals surface area contributed by atoms with Crippen LogP contribution in [0.1, 0.15) is 10.4 Å². The molecule has 0 spiro atoms. The van der Waals surface area contributed by atoms with Crippen molar-refractivity contribution >= 4 is 5.97 Å². The van der Waals surface area contributed by atoms with E-state index in [0.717, 1.165) is 22.3 Å². The van der Waals surface area contributed by atoms with Gasteiger partial charge in [-0.25, -0.2) is 4.79 Å². The zero-order valence-electron chi connectivity index (χ0n) is 15.1. The number of carbonyl (C=O) groups is 1. The van der Waals surface area contributed by atoms with E-state index in [2.05, 4.69) is 6.07 Å². The van der Waals surface area contributed by atoms with Crippen molar-refractivity contribution < 1.29 is 14.6 Å². The number of hydrogen-bond acceptors (Lipinski definition) is 2. The highest BCUT2D eigenvalue weighted by Crippen LogP contribution is 2.37. The molecule has 0 amide bonds. The highest BCUT2D eigenvalue weighted by molar-refractivity contribution is 5.88. The van der Waals surface area contributed by atoms with E-state index in [9.17, 15) is 9.90 Å². The average Bonchev–Trinajstić information content (AvgIpc) is 2.75. The van der Waals surface area contributed by atoms with Crippen LogP contribution in [-0.4, -0.2) is 11.1 Å². The summed E-state index contributed by atoms with van der Waals surface area (Å²) in [6.45, 7) is 0. The summed E-state index contributed by atoms with van der Waals surface area (Å²) in [6, 6.07) is 32.7. The zero-order valence-corrected chi connectivity index (χ0v) is 15.1. The normalized spacial score (nSPS) is 10.4. The Bertz CT molecular complexity index is 1100. The number of carboxylic acids is 1. The first-order valence-electron chi connectivity index (χ1n) is 8.97. The number of ether oxygens (including phenoxy) is 1. The van der Waals surface area contributed by atoms with Crippen molar-refractivity contribution in [3.63, 3.8) is 0 Å². The second-order valence-electron chi connectivity index (χ2n) is 6.38. The molecule has 0 fully saturated rings. The molecule has 0 unspecified atom stereocenters. The monoisotopic (exact) mass is 366 g/mol. The first kappa shape index (κ1) is 17.6. The highest BCUT2D eigenvalue weighted by atomic mass is 16.5. The minimum Gasteiger partial charge on any atom is -0.478 e. The molecule has 0 bridgehead atoms. The van der Waals surface area contributed by atoms with Crippen LogP contribution in [0.15, 0.2) is 103 Å². The SMILES string of the molecule is O=C(O)c1cccc(Oc2cc(-c3ccccc3)ccc2-c2ccccc2)c1. The summed E-state index contributed by atoms with van der Waals surface area (Å²) in [5, 5.41) is 9.25. The van der Waals surface area contributed by atoms with Crippen LogP contribution in [0.3, 0.4) is 0 Å². The molecular weight excluding hydrogens is 348 g/mol. The van der Waals surface area contributed by atoms with Gasteiger partial charge in [-0.05, 0) is 41.0 Å². The minimum absolute atomic E-state index is 0.193. The summed E-state index contributed by atoms with van der Waals surface area (Å²) in [7, 11) is 0. The molecule has 3 heteroatoms. The van der Waals surface area contributed by atoms with Crippen molar-refractivity contribution in [3.8, 4) is 33.8 Å². The van der Waals surface area contributed by atoms with Crippen LogP contribution in [0.25, 0.3) is 22.3 Å². The summed E-state index contributed by atoms with van der Waals surface area (Å²) >= 11 is 0. The lowest BCUT2D eigenvalue weighted by molar-refractivity contribution is 0.0696. The molecule has 0 radical (unpaired) electrons. The summed E-state index contributed by atoms with van der Waals surface area (Å²) < 4.78 is 6.15. The van der Waals surface area contributed by atoms with Gasteiger partial charge in [0.05, 0.1) is 5.56 Å². The Hall–Kier alpha value is -3.85. The first-order valence-corrected chi connectivity index (χ1v) is 8.97. The van der Waals surface area contributed by atoms with Gasteiger partial charge in [0.15, 0.2) is 0 Å². The Kier molecular flexibility index (Phi) is 4.89. The lowest BCUT2D eigenvalue weighted by atomic mass is 9.99. The third-order valence-corrected chi connectivity index (χ3v) is 4.48. The van der Waals surface area contributed by atoms with Crippen molar-refractivity contribution in [2.24, 2.45) is 0 Å². The zero-order chi connectivity index (χ0) is 19.3. The smallest absolute Gasteiger partial charge is 0.335 e. The first-order chi connectivity index (χ1) is 13.7. The molecule has 4 aromatic rings. The molecule has 0 aliphatic rings. The molecule has 0 aliphatic carbocycles. The minimum atomic E-state index is -0.980. The maximum atomic E-state index is 11.3. The number of rotatable bonds is 5. The largest absolute Gasteiger partial charge is 0.478 e. The van der Waals surface area contributed by atoms with Gasteiger partial charge in [-0.1, -0.05) is 78.9 Å². The summed E-state index contributed by atoms with van der Waals surface area (Å²) in [6.07, 6.45) is 0. The molecule has 28 heavy (non-hydrogen) atoms. The fourth-order valence-corrected chi connectivity index (χ4v) is 3.09. The maximum Gasteiger partial charge on any atom is 0.335 e. The fourth-order valence-electron chi connectivity index (χ4n) is 3.09. The molecule has 136 valence electrons. The van der Waals surface area contributed by atoms with E-state index in [1.165, 1.54) is 6.07 Å². The van der Waals surface area contributed by atoms with Gasteiger partial charge in [0, 0.05) is 5.56 Å². The lowest BCUT2D eigenvalue weighted by Crippen LogP contribution is -1.96. The van der Waals surface area contributed by atoms with Gasteiger partial charge in [0.1, 0.15) is 11.5 Å². The molecule has 0 saturated carbocycles.